The van der Waals surface area contributed by atoms with Crippen LogP contribution in [0.5, 0.6) is 0 Å². The third-order valence-electron chi connectivity index (χ3n) is 5.99. The molecule has 0 saturated carbocycles. The standard InChI is InChI=1S/C31H35N3/c1-30(2,3)23-15-19-26(20-16-23)34(27-21-17-24(18-22-27)31(4,5)6)29-14-10-13-28(33-29)32-25-11-8-7-9-12-25/h7-22H,1-6H3,(H,32,33). The van der Waals surface area contributed by atoms with Gasteiger partial charge in [-0.2, -0.15) is 0 Å². The van der Waals surface area contributed by atoms with Gasteiger partial charge in [0.2, 0.25) is 0 Å². The highest BCUT2D eigenvalue weighted by molar-refractivity contribution is 5.75. The van der Waals surface area contributed by atoms with Crippen molar-refractivity contribution < 1.29 is 0 Å². The molecule has 3 heteroatoms. The highest BCUT2D eigenvalue weighted by atomic mass is 15.2. The van der Waals surface area contributed by atoms with E-state index in [0.29, 0.717) is 0 Å². The van der Waals surface area contributed by atoms with Gasteiger partial charge >= 0.3 is 0 Å². The predicted molar refractivity (Wildman–Crippen MR) is 146 cm³/mol. The number of hydrogen-bond donors (Lipinski definition) is 1. The molecular formula is C31H35N3. The van der Waals surface area contributed by atoms with Gasteiger partial charge in [-0.1, -0.05) is 90.1 Å². The molecule has 0 bridgehead atoms. The van der Waals surface area contributed by atoms with Gasteiger partial charge in [0, 0.05) is 17.1 Å². The van der Waals surface area contributed by atoms with E-state index in [4.69, 9.17) is 4.98 Å². The van der Waals surface area contributed by atoms with Gasteiger partial charge < -0.3 is 5.32 Å². The second-order valence-corrected chi connectivity index (χ2v) is 10.8. The average molecular weight is 450 g/mol. The molecule has 0 unspecified atom stereocenters. The van der Waals surface area contributed by atoms with Crippen molar-refractivity contribution in [3.8, 4) is 0 Å². The zero-order valence-corrected chi connectivity index (χ0v) is 21.1. The summed E-state index contributed by atoms with van der Waals surface area (Å²) in [5.74, 6) is 1.68. The molecule has 4 aromatic rings. The summed E-state index contributed by atoms with van der Waals surface area (Å²) >= 11 is 0. The first-order valence-corrected chi connectivity index (χ1v) is 11.9. The number of anilines is 5. The van der Waals surface area contributed by atoms with Crippen LogP contribution >= 0.6 is 0 Å². The number of benzene rings is 3. The molecule has 0 atom stereocenters. The Kier molecular flexibility index (Phi) is 6.47. The second kappa shape index (κ2) is 9.34. The molecule has 1 heterocycles. The maximum atomic E-state index is 4.98. The lowest BCUT2D eigenvalue weighted by atomic mass is 9.87. The molecule has 0 radical (unpaired) electrons. The lowest BCUT2D eigenvalue weighted by molar-refractivity contribution is 0.590. The summed E-state index contributed by atoms with van der Waals surface area (Å²) in [4.78, 5) is 7.20. The summed E-state index contributed by atoms with van der Waals surface area (Å²) in [7, 11) is 0. The maximum absolute atomic E-state index is 4.98. The topological polar surface area (TPSA) is 28.2 Å². The third kappa shape index (κ3) is 5.48. The highest BCUT2D eigenvalue weighted by Gasteiger charge is 2.19. The van der Waals surface area contributed by atoms with Crippen LogP contribution in [0.2, 0.25) is 0 Å². The Bertz CT molecular complexity index is 1160. The quantitative estimate of drug-likeness (QED) is 0.330. The van der Waals surface area contributed by atoms with E-state index >= 15 is 0 Å². The molecule has 1 N–H and O–H groups in total. The van der Waals surface area contributed by atoms with Crippen molar-refractivity contribution in [2.75, 3.05) is 10.2 Å². The van der Waals surface area contributed by atoms with Gasteiger partial charge in [0.1, 0.15) is 11.6 Å². The van der Waals surface area contributed by atoms with Gasteiger partial charge in [0.05, 0.1) is 0 Å². The van der Waals surface area contributed by atoms with Crippen molar-refractivity contribution in [1.82, 2.24) is 4.98 Å². The smallest absolute Gasteiger partial charge is 0.139 e. The summed E-state index contributed by atoms with van der Waals surface area (Å²) in [5, 5.41) is 3.42. The maximum Gasteiger partial charge on any atom is 0.139 e. The van der Waals surface area contributed by atoms with E-state index in [1.807, 2.05) is 42.5 Å². The van der Waals surface area contributed by atoms with E-state index in [9.17, 15) is 0 Å². The molecule has 174 valence electrons. The lowest BCUT2D eigenvalue weighted by Gasteiger charge is -2.27. The molecule has 4 rings (SSSR count). The van der Waals surface area contributed by atoms with Crippen molar-refractivity contribution in [2.45, 2.75) is 52.4 Å². The molecule has 3 aromatic carbocycles. The third-order valence-corrected chi connectivity index (χ3v) is 5.99. The number of aromatic nitrogens is 1. The van der Waals surface area contributed by atoms with Crippen molar-refractivity contribution in [2.24, 2.45) is 0 Å². The number of nitrogens with one attached hydrogen (secondary N) is 1. The Hall–Kier alpha value is -3.59. The average Bonchev–Trinajstić information content (AvgIpc) is 2.80. The van der Waals surface area contributed by atoms with Gasteiger partial charge in [0.15, 0.2) is 0 Å². The van der Waals surface area contributed by atoms with Gasteiger partial charge in [-0.3, -0.25) is 4.90 Å². The Morgan fingerprint density at radius 3 is 1.53 bits per heavy atom. The zero-order valence-electron chi connectivity index (χ0n) is 21.1. The van der Waals surface area contributed by atoms with E-state index in [0.717, 1.165) is 28.7 Å². The van der Waals surface area contributed by atoms with Crippen molar-refractivity contribution in [3.05, 3.63) is 108 Å². The van der Waals surface area contributed by atoms with E-state index in [1.165, 1.54) is 11.1 Å². The largest absolute Gasteiger partial charge is 0.340 e. The van der Waals surface area contributed by atoms with Crippen LogP contribution in [0.4, 0.5) is 28.7 Å². The second-order valence-electron chi connectivity index (χ2n) is 10.8. The Labute approximate surface area is 204 Å². The summed E-state index contributed by atoms with van der Waals surface area (Å²) < 4.78 is 0. The Morgan fingerprint density at radius 1 is 0.559 bits per heavy atom. The summed E-state index contributed by atoms with van der Waals surface area (Å²) in [6, 6.07) is 33.9. The summed E-state index contributed by atoms with van der Waals surface area (Å²) in [6.07, 6.45) is 0. The first-order chi connectivity index (χ1) is 16.1. The first kappa shape index (κ1) is 23.6. The fraction of sp³-hybridized carbons (Fsp3) is 0.258. The molecule has 0 saturated heterocycles. The molecule has 3 nitrogen and oxygen atoms in total. The normalized spacial score (nSPS) is 11.8. The molecule has 34 heavy (non-hydrogen) atoms. The van der Waals surface area contributed by atoms with E-state index in [-0.39, 0.29) is 10.8 Å². The molecule has 0 aliphatic heterocycles. The van der Waals surface area contributed by atoms with Crippen LogP contribution in [0.3, 0.4) is 0 Å². The zero-order chi connectivity index (χ0) is 24.3. The summed E-state index contributed by atoms with van der Waals surface area (Å²) in [5.41, 5.74) is 6.02. The van der Waals surface area contributed by atoms with Crippen LogP contribution in [-0.2, 0) is 10.8 Å². The monoisotopic (exact) mass is 449 g/mol. The highest BCUT2D eigenvalue weighted by Crippen LogP contribution is 2.36. The Morgan fingerprint density at radius 2 is 1.06 bits per heavy atom. The minimum Gasteiger partial charge on any atom is -0.340 e. The summed E-state index contributed by atoms with van der Waals surface area (Å²) in [6.45, 7) is 13.4. The van der Waals surface area contributed by atoms with Gasteiger partial charge in [0.25, 0.3) is 0 Å². The van der Waals surface area contributed by atoms with E-state index in [1.54, 1.807) is 0 Å². The molecular weight excluding hydrogens is 414 g/mol. The Balaban J connectivity index is 1.76. The van der Waals surface area contributed by atoms with Crippen molar-refractivity contribution >= 4 is 28.7 Å². The SMILES string of the molecule is CC(C)(C)c1ccc(N(c2ccc(C(C)(C)C)cc2)c2cccc(Nc3ccccc3)n2)cc1. The number of nitrogens with zero attached hydrogens (tertiary/aromatic N) is 2. The molecule has 0 amide bonds. The molecule has 0 fully saturated rings. The van der Waals surface area contributed by atoms with Gasteiger partial charge in [-0.05, 0) is 70.5 Å². The number of pyridine rings is 1. The number of para-hydroxylation sites is 1. The minimum absolute atomic E-state index is 0.107. The predicted octanol–water partition coefficient (Wildman–Crippen LogP) is 8.89. The van der Waals surface area contributed by atoms with E-state index in [2.05, 4.69) is 106 Å². The molecule has 1 aromatic heterocycles. The van der Waals surface area contributed by atoms with Crippen LogP contribution in [-0.4, -0.2) is 4.98 Å². The van der Waals surface area contributed by atoms with Crippen LogP contribution in [0, 0.1) is 0 Å². The van der Waals surface area contributed by atoms with Crippen LogP contribution in [0.15, 0.2) is 97.1 Å². The van der Waals surface area contributed by atoms with Gasteiger partial charge in [-0.25, -0.2) is 4.98 Å². The number of rotatable bonds is 5. The van der Waals surface area contributed by atoms with Gasteiger partial charge in [-0.15, -0.1) is 0 Å². The van der Waals surface area contributed by atoms with Crippen molar-refractivity contribution in [1.29, 1.82) is 0 Å². The first-order valence-electron chi connectivity index (χ1n) is 11.9. The number of hydrogen-bond acceptors (Lipinski definition) is 3. The fourth-order valence-electron chi connectivity index (χ4n) is 3.92. The fourth-order valence-corrected chi connectivity index (χ4v) is 3.92. The van der Waals surface area contributed by atoms with Crippen LogP contribution in [0.1, 0.15) is 52.7 Å². The van der Waals surface area contributed by atoms with Crippen LogP contribution in [0.25, 0.3) is 0 Å². The minimum atomic E-state index is 0.107. The van der Waals surface area contributed by atoms with Crippen LogP contribution < -0.4 is 10.2 Å². The van der Waals surface area contributed by atoms with Crippen molar-refractivity contribution in [3.63, 3.8) is 0 Å². The molecule has 0 spiro atoms. The van der Waals surface area contributed by atoms with E-state index < -0.39 is 0 Å². The lowest BCUT2D eigenvalue weighted by Crippen LogP contribution is -2.15. The molecule has 0 aliphatic rings. The molecule has 0 aliphatic carbocycles.